The Kier molecular flexibility index (Phi) is 5.09. The molecule has 0 saturated carbocycles. The first-order chi connectivity index (χ1) is 11.3. The maximum absolute atomic E-state index is 12.1. The number of nitriles is 1. The molecule has 24 heavy (non-hydrogen) atoms. The summed E-state index contributed by atoms with van der Waals surface area (Å²) in [7, 11) is 0. The summed E-state index contributed by atoms with van der Waals surface area (Å²) >= 11 is 0. The molecule has 124 valence electrons. The Labute approximate surface area is 135 Å². The second-order valence-corrected chi connectivity index (χ2v) is 5.00. The van der Waals surface area contributed by atoms with E-state index in [2.05, 4.69) is 10.8 Å². The third-order valence-corrected chi connectivity index (χ3v) is 3.31. The quantitative estimate of drug-likeness (QED) is 0.892. The molecule has 2 rings (SSSR count). The van der Waals surface area contributed by atoms with Gasteiger partial charge < -0.3 is 9.84 Å². The summed E-state index contributed by atoms with van der Waals surface area (Å²) in [6.45, 7) is 0. The van der Waals surface area contributed by atoms with Gasteiger partial charge in [0.1, 0.15) is 5.75 Å². The van der Waals surface area contributed by atoms with Crippen molar-refractivity contribution in [1.29, 1.82) is 5.26 Å². The third kappa shape index (κ3) is 4.74. The molecule has 4 nitrogen and oxygen atoms in total. The molecule has 0 spiro atoms. The van der Waals surface area contributed by atoms with Crippen LogP contribution in [0.3, 0.4) is 0 Å². The van der Waals surface area contributed by atoms with Crippen LogP contribution in [0.2, 0.25) is 0 Å². The molecule has 0 aliphatic heterocycles. The van der Waals surface area contributed by atoms with E-state index in [0.29, 0.717) is 12.0 Å². The number of carboxylic acid groups (broad SMARTS) is 1. The Hall–Kier alpha value is -3.01. The highest BCUT2D eigenvalue weighted by Crippen LogP contribution is 2.26. The fraction of sp³-hybridized carbons (Fsp3) is 0.176. The van der Waals surface area contributed by atoms with E-state index >= 15 is 0 Å². The van der Waals surface area contributed by atoms with E-state index in [1.807, 2.05) is 0 Å². The first kappa shape index (κ1) is 17.3. The van der Waals surface area contributed by atoms with E-state index in [0.717, 1.165) is 17.7 Å². The fourth-order valence-corrected chi connectivity index (χ4v) is 2.16. The second-order valence-electron chi connectivity index (χ2n) is 5.00. The standard InChI is InChI=1S/C17H12F3NO3/c18-17(19,20)24-15-7-5-12(6-8-15)14(10-21)9-11-1-3-13(4-2-11)16(22)23/h1-8,14H,9H2,(H,22,23). The van der Waals surface area contributed by atoms with Crippen LogP contribution in [0.5, 0.6) is 5.75 Å². The predicted molar refractivity (Wildman–Crippen MR) is 78.6 cm³/mol. The van der Waals surface area contributed by atoms with E-state index in [-0.39, 0.29) is 11.3 Å². The van der Waals surface area contributed by atoms with Gasteiger partial charge >= 0.3 is 12.3 Å². The smallest absolute Gasteiger partial charge is 0.478 e. The normalized spacial score (nSPS) is 12.2. The largest absolute Gasteiger partial charge is 0.573 e. The number of hydrogen-bond acceptors (Lipinski definition) is 3. The Bertz CT molecular complexity index is 747. The van der Waals surface area contributed by atoms with Crippen LogP contribution in [0.4, 0.5) is 13.2 Å². The van der Waals surface area contributed by atoms with Crippen molar-refractivity contribution in [3.63, 3.8) is 0 Å². The average Bonchev–Trinajstić information content (AvgIpc) is 2.52. The first-order valence-electron chi connectivity index (χ1n) is 6.86. The topological polar surface area (TPSA) is 70.3 Å². The molecular formula is C17H12F3NO3. The number of nitrogens with zero attached hydrogens (tertiary/aromatic N) is 1. The van der Waals surface area contributed by atoms with Crippen LogP contribution in [0.1, 0.15) is 27.4 Å². The summed E-state index contributed by atoms with van der Waals surface area (Å²) in [5.74, 6) is -1.96. The maximum atomic E-state index is 12.1. The van der Waals surface area contributed by atoms with Crippen LogP contribution in [0.15, 0.2) is 48.5 Å². The SMILES string of the molecule is N#CC(Cc1ccc(C(=O)O)cc1)c1ccc(OC(F)(F)F)cc1. The number of halogens is 3. The monoisotopic (exact) mass is 335 g/mol. The minimum absolute atomic E-state index is 0.140. The zero-order chi connectivity index (χ0) is 17.7. The van der Waals surface area contributed by atoms with E-state index in [4.69, 9.17) is 5.11 Å². The van der Waals surface area contributed by atoms with Gasteiger partial charge in [0.2, 0.25) is 0 Å². The number of carbonyl (C=O) groups is 1. The number of ether oxygens (including phenoxy) is 1. The Morgan fingerprint density at radius 1 is 1.12 bits per heavy atom. The van der Waals surface area contributed by atoms with Gasteiger partial charge in [0, 0.05) is 0 Å². The van der Waals surface area contributed by atoms with Crippen molar-refractivity contribution >= 4 is 5.97 Å². The van der Waals surface area contributed by atoms with Gasteiger partial charge in [-0.25, -0.2) is 4.79 Å². The maximum Gasteiger partial charge on any atom is 0.573 e. The zero-order valence-corrected chi connectivity index (χ0v) is 12.2. The number of rotatable bonds is 5. The first-order valence-corrected chi connectivity index (χ1v) is 6.86. The molecule has 0 radical (unpaired) electrons. The van der Waals surface area contributed by atoms with E-state index < -0.39 is 18.2 Å². The molecule has 1 N–H and O–H groups in total. The lowest BCUT2D eigenvalue weighted by atomic mass is 9.93. The minimum Gasteiger partial charge on any atom is -0.478 e. The van der Waals surface area contributed by atoms with Crippen LogP contribution >= 0.6 is 0 Å². The zero-order valence-electron chi connectivity index (χ0n) is 12.2. The third-order valence-electron chi connectivity index (χ3n) is 3.31. The van der Waals surface area contributed by atoms with Crippen LogP contribution in [0.25, 0.3) is 0 Å². The Balaban J connectivity index is 2.11. The van der Waals surface area contributed by atoms with E-state index in [1.54, 1.807) is 12.1 Å². The Morgan fingerprint density at radius 2 is 1.71 bits per heavy atom. The summed E-state index contributed by atoms with van der Waals surface area (Å²) < 4.78 is 40.2. The lowest BCUT2D eigenvalue weighted by Gasteiger charge is -2.12. The van der Waals surface area contributed by atoms with Gasteiger partial charge in [-0.3, -0.25) is 0 Å². The Morgan fingerprint density at radius 3 is 2.17 bits per heavy atom. The van der Waals surface area contributed by atoms with Gasteiger partial charge in [-0.2, -0.15) is 5.26 Å². The minimum atomic E-state index is -4.76. The van der Waals surface area contributed by atoms with Crippen molar-refractivity contribution in [3.05, 3.63) is 65.2 Å². The van der Waals surface area contributed by atoms with Crippen molar-refractivity contribution < 1.29 is 27.8 Å². The molecular weight excluding hydrogens is 323 g/mol. The van der Waals surface area contributed by atoms with Gasteiger partial charge in [0.25, 0.3) is 0 Å². The molecule has 0 amide bonds. The molecule has 0 bridgehead atoms. The summed E-state index contributed by atoms with van der Waals surface area (Å²) in [6.07, 6.45) is -4.45. The van der Waals surface area contributed by atoms with Crippen molar-refractivity contribution in [2.45, 2.75) is 18.7 Å². The van der Waals surface area contributed by atoms with Gasteiger partial charge in [0.15, 0.2) is 0 Å². The molecule has 2 aromatic carbocycles. The molecule has 0 aromatic heterocycles. The summed E-state index contributed by atoms with van der Waals surface area (Å²) in [5.41, 5.74) is 1.44. The molecule has 0 fully saturated rings. The molecule has 0 aliphatic rings. The number of alkyl halides is 3. The fourth-order valence-electron chi connectivity index (χ4n) is 2.16. The average molecular weight is 335 g/mol. The van der Waals surface area contributed by atoms with Crippen molar-refractivity contribution in [3.8, 4) is 11.8 Å². The predicted octanol–water partition coefficient (Wildman–Crippen LogP) is 4.13. The van der Waals surface area contributed by atoms with Gasteiger partial charge in [-0.05, 0) is 41.8 Å². The molecule has 0 aliphatic carbocycles. The van der Waals surface area contributed by atoms with Crippen molar-refractivity contribution in [1.82, 2.24) is 0 Å². The van der Waals surface area contributed by atoms with Crippen LogP contribution in [-0.4, -0.2) is 17.4 Å². The highest BCUT2D eigenvalue weighted by molar-refractivity contribution is 5.87. The second kappa shape index (κ2) is 7.04. The molecule has 0 saturated heterocycles. The molecule has 0 heterocycles. The lowest BCUT2D eigenvalue weighted by Crippen LogP contribution is -2.17. The highest BCUT2D eigenvalue weighted by Gasteiger charge is 2.31. The summed E-state index contributed by atoms with van der Waals surface area (Å²) in [4.78, 5) is 10.8. The van der Waals surface area contributed by atoms with Crippen LogP contribution < -0.4 is 4.74 Å². The lowest BCUT2D eigenvalue weighted by molar-refractivity contribution is -0.274. The highest BCUT2D eigenvalue weighted by atomic mass is 19.4. The van der Waals surface area contributed by atoms with E-state index in [9.17, 15) is 23.2 Å². The summed E-state index contributed by atoms with van der Waals surface area (Å²) in [6, 6.07) is 13.3. The van der Waals surface area contributed by atoms with Gasteiger partial charge in [0.05, 0.1) is 17.6 Å². The van der Waals surface area contributed by atoms with Crippen molar-refractivity contribution in [2.24, 2.45) is 0 Å². The number of aromatic carboxylic acids is 1. The molecule has 7 heteroatoms. The molecule has 1 atom stereocenters. The van der Waals surface area contributed by atoms with Crippen LogP contribution in [-0.2, 0) is 6.42 Å². The molecule has 2 aromatic rings. The number of hydrogen-bond donors (Lipinski definition) is 1. The van der Waals surface area contributed by atoms with Gasteiger partial charge in [-0.1, -0.05) is 24.3 Å². The van der Waals surface area contributed by atoms with Crippen LogP contribution in [0, 0.1) is 11.3 Å². The number of benzene rings is 2. The van der Waals surface area contributed by atoms with Crippen molar-refractivity contribution in [2.75, 3.05) is 0 Å². The molecule has 1 unspecified atom stereocenters. The summed E-state index contributed by atoms with van der Waals surface area (Å²) in [5, 5.41) is 18.1. The number of carboxylic acids is 1. The van der Waals surface area contributed by atoms with E-state index in [1.165, 1.54) is 24.3 Å². The van der Waals surface area contributed by atoms with Gasteiger partial charge in [-0.15, -0.1) is 13.2 Å².